The molecule has 0 saturated heterocycles. The highest BCUT2D eigenvalue weighted by Gasteiger charge is 2.42. The molecule has 1 aromatic carbocycles. The summed E-state index contributed by atoms with van der Waals surface area (Å²) in [5.41, 5.74) is 2.31. The molecule has 1 aromatic rings. The van der Waals surface area contributed by atoms with E-state index in [1.54, 1.807) is 23.9 Å². The zero-order chi connectivity index (χ0) is 14.4. The van der Waals surface area contributed by atoms with Crippen molar-refractivity contribution in [3.05, 3.63) is 45.4 Å². The molecular formula is C15H15N3O2S. The average Bonchev–Trinajstić information content (AvgIpc) is 3.06. The SMILES string of the molecule is O=[N+]([O-])c1ccc(C2=CSC3=N[C@H]4CCCC[C@H]4N23)cc1. The highest BCUT2D eigenvalue weighted by molar-refractivity contribution is 8.16. The number of hydrogen-bond donors (Lipinski definition) is 0. The topological polar surface area (TPSA) is 58.7 Å². The minimum Gasteiger partial charge on any atom is -0.315 e. The van der Waals surface area contributed by atoms with Gasteiger partial charge in [-0.3, -0.25) is 15.1 Å². The van der Waals surface area contributed by atoms with E-state index in [-0.39, 0.29) is 10.6 Å². The van der Waals surface area contributed by atoms with Gasteiger partial charge < -0.3 is 4.90 Å². The van der Waals surface area contributed by atoms with Crippen LogP contribution in [0.5, 0.6) is 0 Å². The largest absolute Gasteiger partial charge is 0.315 e. The Bertz CT molecular complexity index is 653. The summed E-state index contributed by atoms with van der Waals surface area (Å²) in [6.45, 7) is 0. The lowest BCUT2D eigenvalue weighted by Gasteiger charge is -2.32. The Balaban J connectivity index is 1.64. The van der Waals surface area contributed by atoms with Crippen LogP contribution >= 0.6 is 11.8 Å². The molecule has 0 N–H and O–H groups in total. The van der Waals surface area contributed by atoms with Crippen molar-refractivity contribution in [3.63, 3.8) is 0 Å². The zero-order valence-electron chi connectivity index (χ0n) is 11.4. The lowest BCUT2D eigenvalue weighted by Crippen LogP contribution is -2.38. The van der Waals surface area contributed by atoms with Gasteiger partial charge in [0.25, 0.3) is 5.69 Å². The normalized spacial score (nSPS) is 27.0. The molecule has 4 rings (SSSR count). The number of nitrogens with zero attached hydrogens (tertiary/aromatic N) is 3. The second-order valence-electron chi connectivity index (χ2n) is 5.63. The summed E-state index contributed by atoms with van der Waals surface area (Å²) in [5.74, 6) is 0. The number of hydrogen-bond acceptors (Lipinski definition) is 5. The first kappa shape index (κ1) is 12.9. The van der Waals surface area contributed by atoms with Gasteiger partial charge in [0, 0.05) is 17.5 Å². The van der Waals surface area contributed by atoms with E-state index in [0.29, 0.717) is 12.1 Å². The van der Waals surface area contributed by atoms with Crippen molar-refractivity contribution in [2.75, 3.05) is 0 Å². The van der Waals surface area contributed by atoms with Crippen molar-refractivity contribution >= 4 is 28.3 Å². The molecule has 3 aliphatic rings. The van der Waals surface area contributed by atoms with Gasteiger partial charge in [0.15, 0.2) is 5.17 Å². The standard InChI is InChI=1S/C15H15N3O2S/c19-18(20)11-7-5-10(6-8-11)14-9-21-15-16-12-3-1-2-4-13(12)17(14)15/h5-9,12-13H,1-4H2/t12-,13+/m0/s1. The van der Waals surface area contributed by atoms with Gasteiger partial charge in [-0.15, -0.1) is 0 Å². The second-order valence-corrected chi connectivity index (χ2v) is 6.46. The highest BCUT2D eigenvalue weighted by Crippen LogP contribution is 2.44. The Morgan fingerprint density at radius 2 is 2.00 bits per heavy atom. The Kier molecular flexibility index (Phi) is 2.99. The van der Waals surface area contributed by atoms with E-state index < -0.39 is 0 Å². The fourth-order valence-electron chi connectivity index (χ4n) is 3.38. The third-order valence-electron chi connectivity index (χ3n) is 4.42. The number of nitro benzene ring substituents is 1. The molecule has 1 fully saturated rings. The molecule has 1 saturated carbocycles. The number of non-ortho nitro benzene ring substituents is 1. The van der Waals surface area contributed by atoms with E-state index >= 15 is 0 Å². The monoisotopic (exact) mass is 301 g/mol. The molecule has 5 nitrogen and oxygen atoms in total. The zero-order valence-corrected chi connectivity index (χ0v) is 12.3. The van der Waals surface area contributed by atoms with Crippen LogP contribution in [0, 0.1) is 10.1 Å². The van der Waals surface area contributed by atoms with E-state index in [2.05, 4.69) is 10.3 Å². The van der Waals surface area contributed by atoms with Crippen LogP contribution in [0.3, 0.4) is 0 Å². The molecule has 2 heterocycles. The molecular weight excluding hydrogens is 286 g/mol. The van der Waals surface area contributed by atoms with Crippen LogP contribution in [0.4, 0.5) is 5.69 Å². The second kappa shape index (κ2) is 4.87. The van der Waals surface area contributed by atoms with Crippen LogP contribution in [0.25, 0.3) is 5.70 Å². The molecule has 1 aliphatic carbocycles. The summed E-state index contributed by atoms with van der Waals surface area (Å²) in [6.07, 6.45) is 4.90. The molecule has 0 amide bonds. The summed E-state index contributed by atoms with van der Waals surface area (Å²) < 4.78 is 0. The Labute approximate surface area is 126 Å². The third kappa shape index (κ3) is 2.05. The molecule has 0 radical (unpaired) electrons. The maximum absolute atomic E-state index is 10.8. The number of aliphatic imine (C=N–C) groups is 1. The molecule has 2 aliphatic heterocycles. The maximum Gasteiger partial charge on any atom is 0.269 e. The van der Waals surface area contributed by atoms with E-state index in [4.69, 9.17) is 4.99 Å². The van der Waals surface area contributed by atoms with Gasteiger partial charge in [0.1, 0.15) is 0 Å². The molecule has 6 heteroatoms. The minimum absolute atomic E-state index is 0.135. The van der Waals surface area contributed by atoms with Crippen molar-refractivity contribution in [2.24, 2.45) is 4.99 Å². The van der Waals surface area contributed by atoms with Gasteiger partial charge in [-0.1, -0.05) is 24.6 Å². The van der Waals surface area contributed by atoms with Crippen LogP contribution in [-0.2, 0) is 0 Å². The highest BCUT2D eigenvalue weighted by atomic mass is 32.2. The lowest BCUT2D eigenvalue weighted by atomic mass is 9.90. The van der Waals surface area contributed by atoms with Crippen LogP contribution in [-0.4, -0.2) is 27.1 Å². The molecule has 0 spiro atoms. The predicted molar refractivity (Wildman–Crippen MR) is 84.0 cm³/mol. The Hall–Kier alpha value is -1.82. The van der Waals surface area contributed by atoms with Crippen molar-refractivity contribution in [1.29, 1.82) is 0 Å². The molecule has 0 unspecified atom stereocenters. The first-order chi connectivity index (χ1) is 10.2. The molecule has 0 bridgehead atoms. The first-order valence-electron chi connectivity index (χ1n) is 7.23. The van der Waals surface area contributed by atoms with Crippen LogP contribution in [0.1, 0.15) is 31.2 Å². The summed E-state index contributed by atoms with van der Waals surface area (Å²) in [7, 11) is 0. The van der Waals surface area contributed by atoms with Crippen LogP contribution < -0.4 is 0 Å². The number of amidine groups is 1. The van der Waals surface area contributed by atoms with Gasteiger partial charge in [0.2, 0.25) is 0 Å². The predicted octanol–water partition coefficient (Wildman–Crippen LogP) is 3.62. The van der Waals surface area contributed by atoms with Crippen molar-refractivity contribution in [3.8, 4) is 0 Å². The van der Waals surface area contributed by atoms with Crippen molar-refractivity contribution < 1.29 is 4.92 Å². The van der Waals surface area contributed by atoms with E-state index in [9.17, 15) is 10.1 Å². The summed E-state index contributed by atoms with van der Waals surface area (Å²) >= 11 is 1.67. The van der Waals surface area contributed by atoms with Crippen molar-refractivity contribution in [1.82, 2.24) is 4.90 Å². The van der Waals surface area contributed by atoms with E-state index in [1.807, 2.05) is 12.1 Å². The summed E-state index contributed by atoms with van der Waals surface area (Å²) in [5, 5.41) is 14.0. The van der Waals surface area contributed by atoms with Crippen LogP contribution in [0.2, 0.25) is 0 Å². The van der Waals surface area contributed by atoms with Crippen molar-refractivity contribution in [2.45, 2.75) is 37.8 Å². The maximum atomic E-state index is 10.8. The number of thioether (sulfide) groups is 1. The molecule has 2 atom stereocenters. The van der Waals surface area contributed by atoms with Gasteiger partial charge in [-0.2, -0.15) is 0 Å². The first-order valence-corrected chi connectivity index (χ1v) is 8.11. The molecule has 108 valence electrons. The number of rotatable bonds is 2. The summed E-state index contributed by atoms with van der Waals surface area (Å²) in [4.78, 5) is 17.6. The quantitative estimate of drug-likeness (QED) is 0.618. The van der Waals surface area contributed by atoms with Gasteiger partial charge in [-0.05, 0) is 30.5 Å². The minimum atomic E-state index is -0.360. The van der Waals surface area contributed by atoms with Gasteiger partial charge >= 0.3 is 0 Å². The summed E-state index contributed by atoms with van der Waals surface area (Å²) in [6, 6.07) is 7.73. The smallest absolute Gasteiger partial charge is 0.269 e. The average molecular weight is 301 g/mol. The molecule has 0 aromatic heterocycles. The fourth-order valence-corrected chi connectivity index (χ4v) is 4.39. The van der Waals surface area contributed by atoms with Gasteiger partial charge in [-0.25, -0.2) is 0 Å². The lowest BCUT2D eigenvalue weighted by molar-refractivity contribution is -0.384. The number of nitro groups is 1. The van der Waals surface area contributed by atoms with Crippen LogP contribution in [0.15, 0.2) is 34.7 Å². The number of benzene rings is 1. The fraction of sp³-hybridized carbons (Fsp3) is 0.400. The van der Waals surface area contributed by atoms with E-state index in [0.717, 1.165) is 16.4 Å². The molecule has 21 heavy (non-hydrogen) atoms. The Morgan fingerprint density at radius 1 is 1.24 bits per heavy atom. The third-order valence-corrected chi connectivity index (χ3v) is 5.27. The Morgan fingerprint density at radius 3 is 2.76 bits per heavy atom. The number of fused-ring (bicyclic) bond motifs is 3. The van der Waals surface area contributed by atoms with E-state index in [1.165, 1.54) is 25.7 Å². The van der Waals surface area contributed by atoms with Gasteiger partial charge in [0.05, 0.1) is 22.7 Å².